The quantitative estimate of drug-likeness (QED) is 0.848. The zero-order chi connectivity index (χ0) is 9.84. The van der Waals surface area contributed by atoms with E-state index in [4.69, 9.17) is 10.5 Å². The molecule has 0 aliphatic rings. The molecule has 0 radical (unpaired) electrons. The Labute approximate surface area is 85.6 Å². The van der Waals surface area contributed by atoms with Crippen molar-refractivity contribution in [2.45, 2.75) is 6.10 Å². The molecule has 0 saturated heterocycles. The molecule has 4 heteroatoms. The van der Waals surface area contributed by atoms with Gasteiger partial charge in [-0.05, 0) is 12.1 Å². The number of methoxy groups -OCH3 is 1. The number of rotatable bonds is 3. The van der Waals surface area contributed by atoms with Crippen LogP contribution < -0.4 is 10.5 Å². The maximum atomic E-state index is 9.59. The summed E-state index contributed by atoms with van der Waals surface area (Å²) >= 11 is 3.33. The second-order valence-electron chi connectivity index (χ2n) is 2.61. The van der Waals surface area contributed by atoms with E-state index in [2.05, 4.69) is 15.9 Å². The molecule has 1 rings (SSSR count). The van der Waals surface area contributed by atoms with E-state index in [0.717, 1.165) is 4.47 Å². The largest absolute Gasteiger partial charge is 0.496 e. The zero-order valence-corrected chi connectivity index (χ0v) is 8.91. The third-order valence-corrected chi connectivity index (χ3v) is 2.48. The molecule has 0 spiro atoms. The molecular formula is C9H12BrNO2. The number of ether oxygens (including phenoxy) is 1. The van der Waals surface area contributed by atoms with Gasteiger partial charge in [-0.25, -0.2) is 0 Å². The Kier molecular flexibility index (Phi) is 3.71. The molecule has 1 atom stereocenters. The maximum Gasteiger partial charge on any atom is 0.125 e. The number of halogens is 1. The first-order chi connectivity index (χ1) is 6.20. The van der Waals surface area contributed by atoms with E-state index >= 15 is 0 Å². The zero-order valence-electron chi connectivity index (χ0n) is 7.33. The van der Waals surface area contributed by atoms with Crippen molar-refractivity contribution >= 4 is 15.9 Å². The molecule has 1 aromatic rings. The van der Waals surface area contributed by atoms with Crippen LogP contribution in [0.4, 0.5) is 0 Å². The fraction of sp³-hybridized carbons (Fsp3) is 0.333. The van der Waals surface area contributed by atoms with Crippen molar-refractivity contribution in [1.29, 1.82) is 0 Å². The van der Waals surface area contributed by atoms with Gasteiger partial charge in [0.1, 0.15) is 5.75 Å². The summed E-state index contributed by atoms with van der Waals surface area (Å²) in [5.41, 5.74) is 6.07. The monoisotopic (exact) mass is 245 g/mol. The van der Waals surface area contributed by atoms with Crippen molar-refractivity contribution in [3.05, 3.63) is 28.2 Å². The molecule has 0 saturated carbocycles. The van der Waals surface area contributed by atoms with Crippen LogP contribution in [-0.2, 0) is 0 Å². The number of benzene rings is 1. The Hall–Kier alpha value is -0.580. The van der Waals surface area contributed by atoms with Gasteiger partial charge < -0.3 is 15.6 Å². The van der Waals surface area contributed by atoms with Crippen LogP contribution >= 0.6 is 15.9 Å². The summed E-state index contributed by atoms with van der Waals surface area (Å²) in [5, 5.41) is 9.59. The van der Waals surface area contributed by atoms with E-state index in [-0.39, 0.29) is 6.54 Å². The molecule has 0 heterocycles. The average molecular weight is 246 g/mol. The summed E-state index contributed by atoms with van der Waals surface area (Å²) in [5.74, 6) is 0.646. The number of aliphatic hydroxyl groups excluding tert-OH is 1. The van der Waals surface area contributed by atoms with Crippen molar-refractivity contribution in [3.8, 4) is 5.75 Å². The number of nitrogens with two attached hydrogens (primary N) is 1. The van der Waals surface area contributed by atoms with Gasteiger partial charge in [-0.15, -0.1) is 0 Å². The maximum absolute atomic E-state index is 9.59. The van der Waals surface area contributed by atoms with Crippen LogP contribution in [0.5, 0.6) is 5.75 Å². The Morgan fingerprint density at radius 1 is 1.62 bits per heavy atom. The normalized spacial score (nSPS) is 12.6. The molecule has 0 unspecified atom stereocenters. The summed E-state index contributed by atoms with van der Waals surface area (Å²) in [6.07, 6.45) is -0.689. The van der Waals surface area contributed by atoms with Crippen molar-refractivity contribution < 1.29 is 9.84 Å². The predicted molar refractivity (Wildman–Crippen MR) is 54.7 cm³/mol. The van der Waals surface area contributed by atoms with Crippen LogP contribution in [-0.4, -0.2) is 18.8 Å². The first kappa shape index (κ1) is 10.5. The molecule has 3 N–H and O–H groups in total. The summed E-state index contributed by atoms with van der Waals surface area (Å²) in [6.45, 7) is 0.180. The third-order valence-electron chi connectivity index (χ3n) is 1.79. The molecule has 0 fully saturated rings. The SMILES string of the molecule is COc1cccc(Br)c1[C@H](O)CN. The predicted octanol–water partition coefficient (Wildman–Crippen LogP) is 1.45. The second kappa shape index (κ2) is 4.60. The van der Waals surface area contributed by atoms with Crippen LogP contribution in [0.15, 0.2) is 22.7 Å². The lowest BCUT2D eigenvalue weighted by Gasteiger charge is -2.14. The Bertz CT molecular complexity index is 291. The van der Waals surface area contributed by atoms with E-state index in [1.54, 1.807) is 13.2 Å². The molecule has 13 heavy (non-hydrogen) atoms. The lowest BCUT2D eigenvalue weighted by Crippen LogP contribution is -2.13. The van der Waals surface area contributed by atoms with Gasteiger partial charge in [0.25, 0.3) is 0 Å². The van der Waals surface area contributed by atoms with E-state index in [0.29, 0.717) is 11.3 Å². The smallest absolute Gasteiger partial charge is 0.125 e. The molecule has 1 aromatic carbocycles. The van der Waals surface area contributed by atoms with E-state index < -0.39 is 6.10 Å². The molecule has 0 aromatic heterocycles. The van der Waals surface area contributed by atoms with Gasteiger partial charge in [0.2, 0.25) is 0 Å². The fourth-order valence-corrected chi connectivity index (χ4v) is 1.75. The number of hydrogen-bond donors (Lipinski definition) is 2. The highest BCUT2D eigenvalue weighted by Gasteiger charge is 2.14. The van der Waals surface area contributed by atoms with Gasteiger partial charge in [0.15, 0.2) is 0 Å². The lowest BCUT2D eigenvalue weighted by atomic mass is 10.1. The van der Waals surface area contributed by atoms with Gasteiger partial charge >= 0.3 is 0 Å². The molecule has 0 bridgehead atoms. The standard InChI is InChI=1S/C9H12BrNO2/c1-13-8-4-2-3-6(10)9(8)7(12)5-11/h2-4,7,12H,5,11H2,1H3/t7-/m1/s1. The second-order valence-corrected chi connectivity index (χ2v) is 3.46. The van der Waals surface area contributed by atoms with Gasteiger partial charge in [0.05, 0.1) is 13.2 Å². The lowest BCUT2D eigenvalue weighted by molar-refractivity contribution is 0.181. The Morgan fingerprint density at radius 3 is 2.85 bits per heavy atom. The van der Waals surface area contributed by atoms with Crippen molar-refractivity contribution in [2.24, 2.45) is 5.73 Å². The minimum absolute atomic E-state index is 0.180. The van der Waals surface area contributed by atoms with Gasteiger partial charge in [0, 0.05) is 16.6 Å². The van der Waals surface area contributed by atoms with Crippen molar-refractivity contribution in [2.75, 3.05) is 13.7 Å². The summed E-state index contributed by atoms with van der Waals surface area (Å²) in [6, 6.07) is 5.48. The molecule has 0 amide bonds. The fourth-order valence-electron chi connectivity index (χ4n) is 1.14. The highest BCUT2D eigenvalue weighted by molar-refractivity contribution is 9.10. The van der Waals surface area contributed by atoms with Crippen molar-refractivity contribution in [3.63, 3.8) is 0 Å². The van der Waals surface area contributed by atoms with Gasteiger partial charge in [-0.3, -0.25) is 0 Å². The Morgan fingerprint density at radius 2 is 2.31 bits per heavy atom. The molecule has 0 aliphatic heterocycles. The first-order valence-corrected chi connectivity index (χ1v) is 4.70. The average Bonchev–Trinajstić information content (AvgIpc) is 2.16. The van der Waals surface area contributed by atoms with E-state index in [1.165, 1.54) is 0 Å². The van der Waals surface area contributed by atoms with Crippen LogP contribution in [0.1, 0.15) is 11.7 Å². The van der Waals surface area contributed by atoms with Crippen molar-refractivity contribution in [1.82, 2.24) is 0 Å². The van der Waals surface area contributed by atoms with E-state index in [9.17, 15) is 5.11 Å². The highest BCUT2D eigenvalue weighted by atomic mass is 79.9. The van der Waals surface area contributed by atoms with E-state index in [1.807, 2.05) is 12.1 Å². The van der Waals surface area contributed by atoms with Crippen LogP contribution in [0.3, 0.4) is 0 Å². The third kappa shape index (κ3) is 2.21. The van der Waals surface area contributed by atoms with Crippen LogP contribution in [0, 0.1) is 0 Å². The molecule has 72 valence electrons. The number of hydrogen-bond acceptors (Lipinski definition) is 3. The summed E-state index contributed by atoms with van der Waals surface area (Å²) < 4.78 is 5.91. The number of aliphatic hydroxyl groups is 1. The minimum Gasteiger partial charge on any atom is -0.496 e. The summed E-state index contributed by atoms with van der Waals surface area (Å²) in [7, 11) is 1.56. The highest BCUT2D eigenvalue weighted by Crippen LogP contribution is 2.31. The first-order valence-electron chi connectivity index (χ1n) is 3.91. The Balaban J connectivity index is 3.14. The molecular weight excluding hydrogens is 234 g/mol. The minimum atomic E-state index is -0.689. The molecule has 3 nitrogen and oxygen atoms in total. The summed E-state index contributed by atoms with van der Waals surface area (Å²) in [4.78, 5) is 0. The van der Waals surface area contributed by atoms with Crippen LogP contribution in [0.25, 0.3) is 0 Å². The molecule has 0 aliphatic carbocycles. The van der Waals surface area contributed by atoms with Gasteiger partial charge in [-0.1, -0.05) is 22.0 Å². The van der Waals surface area contributed by atoms with Gasteiger partial charge in [-0.2, -0.15) is 0 Å². The topological polar surface area (TPSA) is 55.5 Å². The van der Waals surface area contributed by atoms with Crippen LogP contribution in [0.2, 0.25) is 0 Å².